The van der Waals surface area contributed by atoms with Crippen molar-refractivity contribution >= 4 is 11.9 Å². The van der Waals surface area contributed by atoms with Gasteiger partial charge in [0.15, 0.2) is 0 Å². The molecule has 1 spiro atoms. The van der Waals surface area contributed by atoms with Gasteiger partial charge in [0.1, 0.15) is 5.69 Å². The fourth-order valence-corrected chi connectivity index (χ4v) is 3.90. The summed E-state index contributed by atoms with van der Waals surface area (Å²) in [6, 6.07) is 7.58. The van der Waals surface area contributed by atoms with Crippen molar-refractivity contribution < 1.29 is 37.3 Å². The van der Waals surface area contributed by atoms with Crippen LogP contribution in [0, 0.1) is 0 Å². The highest BCUT2D eigenvalue weighted by Crippen LogP contribution is 2.36. The number of carbonyl (C=O) groups is 2. The number of piperidine rings is 1. The molecule has 4 rings (SSSR count). The number of carboxylic acids is 1. The van der Waals surface area contributed by atoms with Gasteiger partial charge in [-0.2, -0.15) is 18.3 Å². The van der Waals surface area contributed by atoms with Crippen molar-refractivity contribution in [1.29, 1.82) is 0 Å². The van der Waals surface area contributed by atoms with Gasteiger partial charge in [0.25, 0.3) is 5.91 Å². The van der Waals surface area contributed by atoms with Crippen molar-refractivity contribution in [2.24, 2.45) is 7.05 Å². The fourth-order valence-electron chi connectivity index (χ4n) is 3.90. The molecule has 180 valence electrons. The fraction of sp³-hybridized carbons (Fsp3) is 0.524. The van der Waals surface area contributed by atoms with E-state index in [-0.39, 0.29) is 17.6 Å². The molecule has 2 saturated heterocycles. The van der Waals surface area contributed by atoms with Gasteiger partial charge in [0.05, 0.1) is 37.2 Å². The van der Waals surface area contributed by atoms with Crippen molar-refractivity contribution in [3.8, 4) is 0 Å². The molecule has 0 aliphatic carbocycles. The number of rotatable bonds is 4. The lowest BCUT2D eigenvalue weighted by Gasteiger charge is -2.39. The van der Waals surface area contributed by atoms with E-state index in [2.05, 4.69) is 10.1 Å². The van der Waals surface area contributed by atoms with Crippen LogP contribution in [-0.2, 0) is 27.9 Å². The number of amides is 1. The number of aromatic nitrogens is 3. The second kappa shape index (κ2) is 10.3. The highest BCUT2D eigenvalue weighted by Gasteiger charge is 2.45. The first-order valence-electron chi connectivity index (χ1n) is 10.3. The topological polar surface area (TPSA) is 107 Å². The van der Waals surface area contributed by atoms with Gasteiger partial charge in [-0.05, 0) is 31.0 Å². The largest absolute Gasteiger partial charge is 0.490 e. The number of aryl methyl sites for hydroxylation is 1. The molecule has 0 saturated carbocycles. The van der Waals surface area contributed by atoms with Crippen LogP contribution in [0.4, 0.5) is 13.2 Å². The minimum Gasteiger partial charge on any atom is -0.475 e. The summed E-state index contributed by atoms with van der Waals surface area (Å²) in [5.74, 6) is -2.74. The van der Waals surface area contributed by atoms with E-state index in [1.165, 1.54) is 0 Å². The number of carbonyl (C=O) groups excluding carboxylic acids is 1. The number of likely N-dealkylation sites (tertiary alicyclic amines) is 1. The molecule has 2 aliphatic rings. The quantitative estimate of drug-likeness (QED) is 0.732. The summed E-state index contributed by atoms with van der Waals surface area (Å²) in [7, 11) is 1.79. The van der Waals surface area contributed by atoms with Crippen LogP contribution in [0.3, 0.4) is 0 Å². The Morgan fingerprint density at radius 1 is 1.30 bits per heavy atom. The number of ether oxygens (including phenoxy) is 2. The average Bonchev–Trinajstić information content (AvgIpc) is 3.38. The van der Waals surface area contributed by atoms with Crippen molar-refractivity contribution in [2.45, 2.75) is 43.8 Å². The molecular formula is C21H25F3N4O5. The standard InChI is InChI=1S/C19H24N4O3.C2HF3O2/c1-22-17(6-9-21-22)18(24)23-10-4-7-19(14-23)11-16(13-26-19)25-12-15-5-2-3-8-20-15;3-2(4,5)1(6)7/h2-3,5-6,8-9,16H,4,7,10-14H2,1H3;(H,6,7)/t16-,19+;/m1./s1. The molecule has 1 amide bonds. The maximum absolute atomic E-state index is 12.8. The molecule has 4 heterocycles. The number of alkyl halides is 3. The van der Waals surface area contributed by atoms with Crippen LogP contribution in [0.5, 0.6) is 0 Å². The van der Waals surface area contributed by atoms with Crippen LogP contribution in [0.1, 0.15) is 35.4 Å². The number of nitrogens with zero attached hydrogens (tertiary/aromatic N) is 4. The Balaban J connectivity index is 0.000000383. The van der Waals surface area contributed by atoms with Crippen LogP contribution in [0.2, 0.25) is 0 Å². The molecule has 33 heavy (non-hydrogen) atoms. The molecule has 0 unspecified atom stereocenters. The monoisotopic (exact) mass is 470 g/mol. The van der Waals surface area contributed by atoms with E-state index in [0.29, 0.717) is 25.5 Å². The third-order valence-corrected chi connectivity index (χ3v) is 5.48. The zero-order valence-electron chi connectivity index (χ0n) is 18.0. The Morgan fingerprint density at radius 2 is 2.06 bits per heavy atom. The maximum Gasteiger partial charge on any atom is 0.490 e. The highest BCUT2D eigenvalue weighted by molar-refractivity contribution is 5.92. The van der Waals surface area contributed by atoms with Gasteiger partial charge in [-0.25, -0.2) is 4.79 Å². The lowest BCUT2D eigenvalue weighted by Crippen LogP contribution is -2.50. The molecule has 2 aromatic rings. The minimum atomic E-state index is -5.08. The summed E-state index contributed by atoms with van der Waals surface area (Å²) in [6.45, 7) is 2.43. The maximum atomic E-state index is 12.8. The predicted octanol–water partition coefficient (Wildman–Crippen LogP) is 2.43. The molecule has 0 aromatic carbocycles. The average molecular weight is 470 g/mol. The SMILES string of the molecule is Cn1nccc1C(=O)N1CCC[C@]2(C[C@@H](OCc3ccccn3)CO2)C1.O=C(O)C(F)(F)F. The van der Waals surface area contributed by atoms with E-state index >= 15 is 0 Å². The first-order valence-corrected chi connectivity index (χ1v) is 10.3. The Labute approximate surface area is 188 Å². The molecule has 9 nitrogen and oxygen atoms in total. The van der Waals surface area contributed by atoms with Crippen molar-refractivity contribution in [2.75, 3.05) is 19.7 Å². The number of carboxylic acid groups (broad SMARTS) is 1. The summed E-state index contributed by atoms with van der Waals surface area (Å²) in [5, 5.41) is 11.2. The number of halogens is 3. The summed E-state index contributed by atoms with van der Waals surface area (Å²) in [4.78, 5) is 27.9. The number of hydrogen-bond donors (Lipinski definition) is 1. The van der Waals surface area contributed by atoms with Crippen LogP contribution in [0.15, 0.2) is 36.7 Å². The zero-order valence-corrected chi connectivity index (χ0v) is 18.0. The van der Waals surface area contributed by atoms with E-state index in [1.807, 2.05) is 23.1 Å². The van der Waals surface area contributed by atoms with E-state index < -0.39 is 12.1 Å². The van der Waals surface area contributed by atoms with Gasteiger partial charge in [0, 0.05) is 32.4 Å². The van der Waals surface area contributed by atoms with Crippen LogP contribution in [-0.4, -0.2) is 74.2 Å². The molecule has 2 aliphatic heterocycles. The molecular weight excluding hydrogens is 445 g/mol. The van der Waals surface area contributed by atoms with Gasteiger partial charge in [-0.1, -0.05) is 6.07 Å². The first kappa shape index (κ1) is 24.6. The normalized spacial score (nSPS) is 22.7. The third kappa shape index (κ3) is 6.51. The van der Waals surface area contributed by atoms with Gasteiger partial charge in [-0.3, -0.25) is 14.5 Å². The van der Waals surface area contributed by atoms with Gasteiger partial charge in [0.2, 0.25) is 0 Å². The Hall–Kier alpha value is -2.99. The van der Waals surface area contributed by atoms with E-state index in [4.69, 9.17) is 19.4 Å². The lowest BCUT2D eigenvalue weighted by molar-refractivity contribution is -0.192. The lowest BCUT2D eigenvalue weighted by atomic mass is 9.89. The van der Waals surface area contributed by atoms with Crippen LogP contribution in [0.25, 0.3) is 0 Å². The molecule has 0 bridgehead atoms. The van der Waals surface area contributed by atoms with Crippen molar-refractivity contribution in [3.05, 3.63) is 48.0 Å². The minimum absolute atomic E-state index is 0.0190. The van der Waals surface area contributed by atoms with E-state index in [0.717, 1.165) is 31.5 Å². The van der Waals surface area contributed by atoms with Crippen LogP contribution < -0.4 is 0 Å². The molecule has 2 atom stereocenters. The Kier molecular flexibility index (Phi) is 7.69. The first-order chi connectivity index (χ1) is 15.6. The number of aliphatic carboxylic acids is 1. The molecule has 2 aromatic heterocycles. The summed E-state index contributed by atoms with van der Waals surface area (Å²) >= 11 is 0. The van der Waals surface area contributed by atoms with Crippen molar-refractivity contribution in [1.82, 2.24) is 19.7 Å². The highest BCUT2D eigenvalue weighted by atomic mass is 19.4. The molecule has 12 heteroatoms. The summed E-state index contributed by atoms with van der Waals surface area (Å²) in [5.41, 5.74) is 1.24. The summed E-state index contributed by atoms with van der Waals surface area (Å²) in [6.07, 6.45) is 1.11. The van der Waals surface area contributed by atoms with E-state index in [9.17, 15) is 18.0 Å². The predicted molar refractivity (Wildman–Crippen MR) is 108 cm³/mol. The molecule has 1 N–H and O–H groups in total. The van der Waals surface area contributed by atoms with Gasteiger partial charge in [-0.15, -0.1) is 0 Å². The van der Waals surface area contributed by atoms with Gasteiger partial charge < -0.3 is 19.5 Å². The Bertz CT molecular complexity index is 953. The second-order valence-corrected chi connectivity index (χ2v) is 7.93. The van der Waals surface area contributed by atoms with Crippen molar-refractivity contribution in [3.63, 3.8) is 0 Å². The number of hydrogen-bond acceptors (Lipinski definition) is 6. The van der Waals surface area contributed by atoms with Crippen LogP contribution >= 0.6 is 0 Å². The second-order valence-electron chi connectivity index (χ2n) is 7.93. The Morgan fingerprint density at radius 3 is 2.67 bits per heavy atom. The number of pyridine rings is 1. The molecule has 2 fully saturated rings. The zero-order chi connectivity index (χ0) is 24.1. The molecule has 0 radical (unpaired) electrons. The smallest absolute Gasteiger partial charge is 0.475 e. The summed E-state index contributed by atoms with van der Waals surface area (Å²) < 4.78 is 45.5. The van der Waals surface area contributed by atoms with Gasteiger partial charge >= 0.3 is 12.1 Å². The third-order valence-electron chi connectivity index (χ3n) is 5.48. The van der Waals surface area contributed by atoms with E-state index in [1.54, 1.807) is 30.2 Å².